The molecule has 2 aromatic rings. The summed E-state index contributed by atoms with van der Waals surface area (Å²) in [5, 5.41) is 28.8. The third kappa shape index (κ3) is 1.98. The molecule has 0 unspecified atom stereocenters. The third-order valence-electron chi connectivity index (χ3n) is 3.26. The summed E-state index contributed by atoms with van der Waals surface area (Å²) in [6.45, 7) is 0. The number of ketones is 1. The van der Waals surface area contributed by atoms with Crippen LogP contribution in [0.5, 0.6) is 17.2 Å². The highest BCUT2D eigenvalue weighted by Crippen LogP contribution is 2.37. The Balaban J connectivity index is 2.03. The fourth-order valence-corrected chi connectivity index (χ4v) is 2.22. The highest BCUT2D eigenvalue weighted by atomic mass is 16.5. The number of Topliss-reactive ketones (excluding diaryl/α,β-unsaturated/α-hetero) is 1. The zero-order valence-electron chi connectivity index (χ0n) is 10.4. The second-order valence-electron chi connectivity index (χ2n) is 4.62. The van der Waals surface area contributed by atoms with Crippen LogP contribution in [0.4, 0.5) is 0 Å². The van der Waals surface area contributed by atoms with Crippen LogP contribution in [0.1, 0.15) is 22.0 Å². The monoisotopic (exact) mass is 272 g/mol. The van der Waals surface area contributed by atoms with Crippen LogP contribution in [0.3, 0.4) is 0 Å². The molecule has 102 valence electrons. The van der Waals surface area contributed by atoms with Gasteiger partial charge in [0.2, 0.25) is 0 Å². The number of benzene rings is 2. The first kappa shape index (κ1) is 12.5. The molecule has 2 atom stereocenters. The Morgan fingerprint density at radius 3 is 2.30 bits per heavy atom. The summed E-state index contributed by atoms with van der Waals surface area (Å²) in [6.07, 6.45) is -2.19. The second kappa shape index (κ2) is 4.54. The van der Waals surface area contributed by atoms with Crippen LogP contribution in [-0.2, 0) is 0 Å². The van der Waals surface area contributed by atoms with Crippen molar-refractivity contribution in [1.29, 1.82) is 0 Å². The molecule has 0 aromatic heterocycles. The van der Waals surface area contributed by atoms with Crippen LogP contribution < -0.4 is 4.74 Å². The molecule has 0 saturated heterocycles. The standard InChI is InChI=1S/C15H12O5/c16-9-3-1-8(2-4-9)15-14(19)13(18)11-6-5-10(17)7-12(11)20-15/h1-7,14-17,19H/t14-,15-/m1/s1. The molecule has 0 bridgehead atoms. The van der Waals surface area contributed by atoms with Crippen molar-refractivity contribution < 1.29 is 24.9 Å². The highest BCUT2D eigenvalue weighted by Gasteiger charge is 2.36. The summed E-state index contributed by atoms with van der Waals surface area (Å²) in [4.78, 5) is 12.1. The van der Waals surface area contributed by atoms with Crippen molar-refractivity contribution in [1.82, 2.24) is 0 Å². The highest BCUT2D eigenvalue weighted by molar-refractivity contribution is 6.03. The molecule has 5 heteroatoms. The maximum absolute atomic E-state index is 12.1. The van der Waals surface area contributed by atoms with Crippen molar-refractivity contribution in [3.05, 3.63) is 53.6 Å². The quantitative estimate of drug-likeness (QED) is 0.736. The van der Waals surface area contributed by atoms with Gasteiger partial charge in [0.25, 0.3) is 0 Å². The summed E-state index contributed by atoms with van der Waals surface area (Å²) in [6, 6.07) is 10.2. The number of hydrogen-bond acceptors (Lipinski definition) is 5. The van der Waals surface area contributed by atoms with E-state index in [1.165, 1.54) is 30.3 Å². The van der Waals surface area contributed by atoms with E-state index < -0.39 is 18.0 Å². The number of ether oxygens (including phenoxy) is 1. The number of fused-ring (bicyclic) bond motifs is 1. The van der Waals surface area contributed by atoms with Crippen LogP contribution in [0, 0.1) is 0 Å². The molecule has 0 spiro atoms. The number of carbonyl (C=O) groups excluding carboxylic acids is 1. The predicted octanol–water partition coefficient (Wildman–Crippen LogP) is 1.78. The van der Waals surface area contributed by atoms with Crippen LogP contribution in [0.25, 0.3) is 0 Å². The third-order valence-corrected chi connectivity index (χ3v) is 3.26. The fourth-order valence-electron chi connectivity index (χ4n) is 2.22. The van der Waals surface area contributed by atoms with Gasteiger partial charge in [-0.05, 0) is 29.8 Å². The van der Waals surface area contributed by atoms with E-state index in [2.05, 4.69) is 0 Å². The Morgan fingerprint density at radius 1 is 0.950 bits per heavy atom. The predicted molar refractivity (Wildman–Crippen MR) is 69.9 cm³/mol. The summed E-state index contributed by atoms with van der Waals surface area (Å²) in [5.74, 6) is -0.150. The molecule has 0 saturated carbocycles. The largest absolute Gasteiger partial charge is 0.508 e. The lowest BCUT2D eigenvalue weighted by molar-refractivity contribution is 0.0215. The van der Waals surface area contributed by atoms with Gasteiger partial charge >= 0.3 is 0 Å². The van der Waals surface area contributed by atoms with Gasteiger partial charge in [0.15, 0.2) is 18.0 Å². The van der Waals surface area contributed by atoms with Gasteiger partial charge < -0.3 is 20.1 Å². The second-order valence-corrected chi connectivity index (χ2v) is 4.62. The minimum Gasteiger partial charge on any atom is -0.508 e. The fraction of sp³-hybridized carbons (Fsp3) is 0.133. The zero-order valence-corrected chi connectivity index (χ0v) is 10.4. The number of phenolic OH excluding ortho intramolecular Hbond substituents is 2. The Hall–Kier alpha value is -2.53. The lowest BCUT2D eigenvalue weighted by Crippen LogP contribution is -2.36. The maximum atomic E-state index is 12.1. The first-order chi connectivity index (χ1) is 9.56. The zero-order chi connectivity index (χ0) is 14.3. The molecule has 20 heavy (non-hydrogen) atoms. The summed E-state index contributed by atoms with van der Waals surface area (Å²) in [7, 11) is 0. The van der Waals surface area contributed by atoms with Gasteiger partial charge in [-0.25, -0.2) is 0 Å². The van der Waals surface area contributed by atoms with Crippen LogP contribution in [0.2, 0.25) is 0 Å². The Kier molecular flexibility index (Phi) is 2.84. The number of rotatable bonds is 1. The van der Waals surface area contributed by atoms with E-state index >= 15 is 0 Å². The molecule has 1 aliphatic rings. The van der Waals surface area contributed by atoms with E-state index in [0.717, 1.165) is 0 Å². The average Bonchev–Trinajstić information content (AvgIpc) is 2.44. The minimum atomic E-state index is -1.32. The number of carbonyl (C=O) groups is 1. The molecular weight excluding hydrogens is 260 g/mol. The van der Waals surface area contributed by atoms with Crippen molar-refractivity contribution in [2.45, 2.75) is 12.2 Å². The van der Waals surface area contributed by atoms with Gasteiger partial charge in [-0.15, -0.1) is 0 Å². The molecule has 2 aromatic carbocycles. The molecule has 1 aliphatic heterocycles. The van der Waals surface area contributed by atoms with Gasteiger partial charge in [0.05, 0.1) is 5.56 Å². The molecular formula is C15H12O5. The number of phenols is 2. The van der Waals surface area contributed by atoms with Crippen molar-refractivity contribution >= 4 is 5.78 Å². The summed E-state index contributed by atoms with van der Waals surface area (Å²) < 4.78 is 5.61. The summed E-state index contributed by atoms with van der Waals surface area (Å²) in [5.41, 5.74) is 0.808. The topological polar surface area (TPSA) is 87.0 Å². The van der Waals surface area contributed by atoms with Gasteiger partial charge in [-0.3, -0.25) is 4.79 Å². The smallest absolute Gasteiger partial charge is 0.199 e. The normalized spacial score (nSPS) is 21.1. The molecule has 0 radical (unpaired) electrons. The SMILES string of the molecule is O=C1c2ccc(O)cc2O[C@H](c2ccc(O)cc2)[C@@H]1O. The number of aliphatic hydroxyl groups is 1. The summed E-state index contributed by atoms with van der Waals surface area (Å²) >= 11 is 0. The van der Waals surface area contributed by atoms with E-state index in [-0.39, 0.29) is 22.8 Å². The van der Waals surface area contributed by atoms with Gasteiger partial charge in [-0.2, -0.15) is 0 Å². The van der Waals surface area contributed by atoms with E-state index in [4.69, 9.17) is 4.74 Å². The molecule has 0 amide bonds. The number of aliphatic hydroxyl groups excluding tert-OH is 1. The van der Waals surface area contributed by atoms with Crippen LogP contribution in [-0.4, -0.2) is 27.2 Å². The van der Waals surface area contributed by atoms with E-state index in [1.807, 2.05) is 0 Å². The first-order valence-electron chi connectivity index (χ1n) is 6.07. The van der Waals surface area contributed by atoms with Crippen LogP contribution in [0.15, 0.2) is 42.5 Å². The first-order valence-corrected chi connectivity index (χ1v) is 6.07. The molecule has 5 nitrogen and oxygen atoms in total. The molecule has 3 rings (SSSR count). The van der Waals surface area contributed by atoms with Crippen molar-refractivity contribution in [2.75, 3.05) is 0 Å². The molecule has 3 N–H and O–H groups in total. The molecule has 0 aliphatic carbocycles. The van der Waals surface area contributed by atoms with Crippen LogP contribution >= 0.6 is 0 Å². The number of hydrogen-bond donors (Lipinski definition) is 3. The Labute approximate surface area is 114 Å². The molecule has 0 fully saturated rings. The van der Waals surface area contributed by atoms with E-state index in [1.54, 1.807) is 12.1 Å². The Bertz CT molecular complexity index is 662. The number of aromatic hydroxyl groups is 2. The van der Waals surface area contributed by atoms with E-state index in [9.17, 15) is 20.1 Å². The lowest BCUT2D eigenvalue weighted by Gasteiger charge is -2.29. The van der Waals surface area contributed by atoms with Crippen molar-refractivity contribution in [3.8, 4) is 17.2 Å². The minimum absolute atomic E-state index is 0.0163. The van der Waals surface area contributed by atoms with E-state index in [0.29, 0.717) is 5.56 Å². The average molecular weight is 272 g/mol. The van der Waals surface area contributed by atoms with Crippen molar-refractivity contribution in [3.63, 3.8) is 0 Å². The Morgan fingerprint density at radius 2 is 1.60 bits per heavy atom. The maximum Gasteiger partial charge on any atom is 0.199 e. The van der Waals surface area contributed by atoms with Crippen molar-refractivity contribution in [2.24, 2.45) is 0 Å². The lowest BCUT2D eigenvalue weighted by atomic mass is 9.93. The molecule has 1 heterocycles. The van der Waals surface area contributed by atoms with Gasteiger partial charge in [-0.1, -0.05) is 12.1 Å². The van der Waals surface area contributed by atoms with Gasteiger partial charge in [0.1, 0.15) is 17.2 Å². The van der Waals surface area contributed by atoms with Gasteiger partial charge in [0, 0.05) is 6.07 Å².